The molecule has 0 aliphatic carbocycles. The zero-order valence-electron chi connectivity index (χ0n) is 11.6. The van der Waals surface area contributed by atoms with Gasteiger partial charge >= 0.3 is 0 Å². The highest BCUT2D eigenvalue weighted by atomic mass is 35.5. The standard InChI is InChI=1S/C14H22ClNO3/c1-12-3-4-13(15)11-14(12)16-5-6-18-9-10-19-8-7-17-2/h3-4,11,16H,5-10H2,1-2H3. The lowest BCUT2D eigenvalue weighted by atomic mass is 10.2. The van der Waals surface area contributed by atoms with E-state index in [1.54, 1.807) is 7.11 Å². The average Bonchev–Trinajstić information content (AvgIpc) is 2.40. The molecule has 0 radical (unpaired) electrons. The van der Waals surface area contributed by atoms with Crippen LogP contribution in [0, 0.1) is 6.92 Å². The smallest absolute Gasteiger partial charge is 0.0701 e. The highest BCUT2D eigenvalue weighted by molar-refractivity contribution is 6.30. The zero-order chi connectivity index (χ0) is 13.9. The second kappa shape index (κ2) is 10.0. The van der Waals surface area contributed by atoms with Crippen molar-refractivity contribution < 1.29 is 14.2 Å². The molecule has 108 valence electrons. The number of rotatable bonds is 10. The zero-order valence-corrected chi connectivity index (χ0v) is 12.3. The fraction of sp³-hybridized carbons (Fsp3) is 0.571. The maximum absolute atomic E-state index is 5.94. The predicted octanol–water partition coefficient (Wildman–Crippen LogP) is 2.74. The van der Waals surface area contributed by atoms with Gasteiger partial charge in [-0.1, -0.05) is 17.7 Å². The molecule has 19 heavy (non-hydrogen) atoms. The SMILES string of the molecule is COCCOCCOCCNc1cc(Cl)ccc1C. The number of aryl methyl sites for hydroxylation is 1. The summed E-state index contributed by atoms with van der Waals surface area (Å²) in [4.78, 5) is 0. The van der Waals surface area contributed by atoms with E-state index in [2.05, 4.69) is 5.32 Å². The highest BCUT2D eigenvalue weighted by Crippen LogP contribution is 2.19. The van der Waals surface area contributed by atoms with Gasteiger partial charge in [0.15, 0.2) is 0 Å². The van der Waals surface area contributed by atoms with Crippen molar-refractivity contribution >= 4 is 17.3 Å². The van der Waals surface area contributed by atoms with Crippen LogP contribution in [0.4, 0.5) is 5.69 Å². The van der Waals surface area contributed by atoms with Crippen LogP contribution in [0.25, 0.3) is 0 Å². The Balaban J connectivity index is 2.03. The lowest BCUT2D eigenvalue weighted by molar-refractivity contribution is 0.0272. The second-order valence-electron chi connectivity index (χ2n) is 4.10. The van der Waals surface area contributed by atoms with Gasteiger partial charge in [0.1, 0.15) is 0 Å². The average molecular weight is 288 g/mol. The minimum atomic E-state index is 0.597. The molecule has 0 saturated carbocycles. The Hall–Kier alpha value is -0.810. The number of anilines is 1. The third-order valence-electron chi connectivity index (χ3n) is 2.57. The first kappa shape index (κ1) is 16.2. The maximum atomic E-state index is 5.94. The van der Waals surface area contributed by atoms with Gasteiger partial charge in [-0.2, -0.15) is 0 Å². The topological polar surface area (TPSA) is 39.7 Å². The number of nitrogens with one attached hydrogen (secondary N) is 1. The summed E-state index contributed by atoms with van der Waals surface area (Å²) in [5.74, 6) is 0. The van der Waals surface area contributed by atoms with Gasteiger partial charge in [0.2, 0.25) is 0 Å². The largest absolute Gasteiger partial charge is 0.382 e. The molecule has 5 heteroatoms. The predicted molar refractivity (Wildman–Crippen MR) is 78.2 cm³/mol. The number of benzene rings is 1. The van der Waals surface area contributed by atoms with E-state index < -0.39 is 0 Å². The molecule has 1 N–H and O–H groups in total. The van der Waals surface area contributed by atoms with E-state index in [0.717, 1.165) is 17.3 Å². The molecule has 0 aliphatic rings. The van der Waals surface area contributed by atoms with E-state index >= 15 is 0 Å². The Morgan fingerprint density at radius 3 is 2.47 bits per heavy atom. The van der Waals surface area contributed by atoms with Crippen LogP contribution in [0.5, 0.6) is 0 Å². The lowest BCUT2D eigenvalue weighted by Crippen LogP contribution is -2.14. The van der Waals surface area contributed by atoms with E-state index in [1.165, 1.54) is 5.56 Å². The van der Waals surface area contributed by atoms with Crippen LogP contribution >= 0.6 is 11.6 Å². The quantitative estimate of drug-likeness (QED) is 0.672. The minimum absolute atomic E-state index is 0.597. The molecule has 0 aromatic heterocycles. The third kappa shape index (κ3) is 7.38. The van der Waals surface area contributed by atoms with Crippen molar-refractivity contribution in [3.63, 3.8) is 0 Å². The first-order chi connectivity index (χ1) is 9.24. The summed E-state index contributed by atoms with van der Waals surface area (Å²) < 4.78 is 15.6. The van der Waals surface area contributed by atoms with E-state index in [4.69, 9.17) is 25.8 Å². The van der Waals surface area contributed by atoms with Crippen molar-refractivity contribution in [1.82, 2.24) is 0 Å². The Labute approximate surface area is 120 Å². The molecule has 0 fully saturated rings. The van der Waals surface area contributed by atoms with Gasteiger partial charge in [-0.25, -0.2) is 0 Å². The third-order valence-corrected chi connectivity index (χ3v) is 2.80. The molecular formula is C14H22ClNO3. The molecule has 0 bridgehead atoms. The molecule has 1 rings (SSSR count). The van der Waals surface area contributed by atoms with Crippen molar-refractivity contribution in [2.24, 2.45) is 0 Å². The fourth-order valence-corrected chi connectivity index (χ4v) is 1.68. The summed E-state index contributed by atoms with van der Waals surface area (Å²) in [6.07, 6.45) is 0. The summed E-state index contributed by atoms with van der Waals surface area (Å²) in [5.41, 5.74) is 2.22. The molecule has 0 amide bonds. The monoisotopic (exact) mass is 287 g/mol. The number of ether oxygens (including phenoxy) is 3. The molecule has 0 spiro atoms. The van der Waals surface area contributed by atoms with Gasteiger partial charge in [-0.05, 0) is 24.6 Å². The van der Waals surface area contributed by atoms with Gasteiger partial charge in [0, 0.05) is 24.4 Å². The summed E-state index contributed by atoms with van der Waals surface area (Å²) in [6.45, 7) is 5.86. The van der Waals surface area contributed by atoms with Crippen molar-refractivity contribution in [2.75, 3.05) is 52.0 Å². The molecule has 0 atom stereocenters. The van der Waals surface area contributed by atoms with Crippen LogP contribution < -0.4 is 5.32 Å². The van der Waals surface area contributed by atoms with Crippen LogP contribution in [-0.4, -0.2) is 46.7 Å². The Bertz CT molecular complexity index is 361. The number of halogens is 1. The lowest BCUT2D eigenvalue weighted by Gasteiger charge is -2.10. The maximum Gasteiger partial charge on any atom is 0.0701 e. The van der Waals surface area contributed by atoms with Gasteiger partial charge < -0.3 is 19.5 Å². The van der Waals surface area contributed by atoms with Gasteiger partial charge in [0.25, 0.3) is 0 Å². The van der Waals surface area contributed by atoms with Crippen LogP contribution in [0.15, 0.2) is 18.2 Å². The van der Waals surface area contributed by atoms with E-state index in [9.17, 15) is 0 Å². The molecule has 0 saturated heterocycles. The molecule has 0 heterocycles. The molecule has 1 aromatic carbocycles. The first-order valence-electron chi connectivity index (χ1n) is 6.38. The molecule has 0 unspecified atom stereocenters. The number of hydrogen-bond donors (Lipinski definition) is 1. The van der Waals surface area contributed by atoms with E-state index in [0.29, 0.717) is 33.0 Å². The van der Waals surface area contributed by atoms with Gasteiger partial charge in [-0.3, -0.25) is 0 Å². The number of methoxy groups -OCH3 is 1. The highest BCUT2D eigenvalue weighted by Gasteiger charge is 1.98. The van der Waals surface area contributed by atoms with Crippen molar-refractivity contribution in [1.29, 1.82) is 0 Å². The molecule has 0 aliphatic heterocycles. The van der Waals surface area contributed by atoms with Gasteiger partial charge in [-0.15, -0.1) is 0 Å². The van der Waals surface area contributed by atoms with Crippen LogP contribution in [0.1, 0.15) is 5.56 Å². The summed E-state index contributed by atoms with van der Waals surface area (Å²) in [7, 11) is 1.66. The Kier molecular flexibility index (Phi) is 8.58. The molecule has 4 nitrogen and oxygen atoms in total. The second-order valence-corrected chi connectivity index (χ2v) is 4.54. The fourth-order valence-electron chi connectivity index (χ4n) is 1.51. The van der Waals surface area contributed by atoms with Crippen LogP contribution in [0.3, 0.4) is 0 Å². The minimum Gasteiger partial charge on any atom is -0.382 e. The van der Waals surface area contributed by atoms with Crippen molar-refractivity contribution in [2.45, 2.75) is 6.92 Å². The summed E-state index contributed by atoms with van der Waals surface area (Å²) in [6, 6.07) is 5.80. The van der Waals surface area contributed by atoms with Gasteiger partial charge in [0.05, 0.1) is 33.0 Å². The summed E-state index contributed by atoms with van der Waals surface area (Å²) >= 11 is 5.94. The normalized spacial score (nSPS) is 10.7. The summed E-state index contributed by atoms with van der Waals surface area (Å²) in [5, 5.41) is 4.03. The van der Waals surface area contributed by atoms with Crippen molar-refractivity contribution in [3.8, 4) is 0 Å². The van der Waals surface area contributed by atoms with E-state index in [1.807, 2.05) is 25.1 Å². The van der Waals surface area contributed by atoms with Crippen LogP contribution in [0.2, 0.25) is 5.02 Å². The Morgan fingerprint density at radius 2 is 1.74 bits per heavy atom. The van der Waals surface area contributed by atoms with Crippen molar-refractivity contribution in [3.05, 3.63) is 28.8 Å². The van der Waals surface area contributed by atoms with Crippen LogP contribution in [-0.2, 0) is 14.2 Å². The molecule has 1 aromatic rings. The van der Waals surface area contributed by atoms with E-state index in [-0.39, 0.29) is 0 Å². The molecular weight excluding hydrogens is 266 g/mol. The Morgan fingerprint density at radius 1 is 1.05 bits per heavy atom. The number of hydrogen-bond acceptors (Lipinski definition) is 4. The first-order valence-corrected chi connectivity index (χ1v) is 6.76.